The second-order valence-electron chi connectivity index (χ2n) is 4.69. The number of esters is 1. The lowest BCUT2D eigenvalue weighted by atomic mass is 10.2. The minimum atomic E-state index is -4.13. The molecule has 1 aromatic rings. The average Bonchev–Trinajstić information content (AvgIpc) is 2.45. The molecule has 1 rings (SSSR count). The van der Waals surface area contributed by atoms with Crippen molar-refractivity contribution in [2.24, 2.45) is 5.92 Å². The van der Waals surface area contributed by atoms with Gasteiger partial charge < -0.3 is 9.84 Å². The Balaban J connectivity index is 3.20. The van der Waals surface area contributed by atoms with Crippen molar-refractivity contribution in [1.82, 2.24) is 4.31 Å². The molecule has 122 valence electrons. The molecule has 0 bridgehead atoms. The largest absolute Gasteiger partial charge is 0.481 e. The number of ether oxygens (including phenoxy) is 1. The maximum absolute atomic E-state index is 13.5. The summed E-state index contributed by atoms with van der Waals surface area (Å²) >= 11 is 0. The highest BCUT2D eigenvalue weighted by atomic mass is 32.2. The molecule has 0 saturated carbocycles. The fourth-order valence-electron chi connectivity index (χ4n) is 1.69. The van der Waals surface area contributed by atoms with Gasteiger partial charge in [0.2, 0.25) is 10.0 Å². The van der Waals surface area contributed by atoms with E-state index in [1.165, 1.54) is 14.0 Å². The summed E-state index contributed by atoms with van der Waals surface area (Å²) in [6, 6.07) is 2.58. The third kappa shape index (κ3) is 4.01. The number of carboxylic acid groups (broad SMARTS) is 1. The number of hydrogen-bond donors (Lipinski definition) is 1. The zero-order chi connectivity index (χ0) is 17.1. The molecule has 0 fully saturated rings. The monoisotopic (exact) mass is 333 g/mol. The molecule has 0 amide bonds. The van der Waals surface area contributed by atoms with Gasteiger partial charge in [0.1, 0.15) is 5.82 Å². The fourth-order valence-corrected chi connectivity index (χ4v) is 3.01. The van der Waals surface area contributed by atoms with Crippen LogP contribution in [0.1, 0.15) is 17.3 Å². The van der Waals surface area contributed by atoms with E-state index in [0.29, 0.717) is 0 Å². The highest BCUT2D eigenvalue weighted by Gasteiger charge is 2.26. The van der Waals surface area contributed by atoms with Gasteiger partial charge in [0.05, 0.1) is 23.5 Å². The van der Waals surface area contributed by atoms with Crippen LogP contribution in [0.15, 0.2) is 23.1 Å². The third-order valence-electron chi connectivity index (χ3n) is 2.95. The van der Waals surface area contributed by atoms with Gasteiger partial charge in [-0.1, -0.05) is 6.92 Å². The molecule has 0 aliphatic heterocycles. The van der Waals surface area contributed by atoms with E-state index in [4.69, 9.17) is 5.11 Å². The molecule has 0 radical (unpaired) electrons. The summed E-state index contributed by atoms with van der Waals surface area (Å²) in [4.78, 5) is 21.7. The smallest absolute Gasteiger partial charge is 0.337 e. The Bertz CT molecular complexity index is 688. The van der Waals surface area contributed by atoms with E-state index >= 15 is 0 Å². The van der Waals surface area contributed by atoms with Gasteiger partial charge in [-0.05, 0) is 18.2 Å². The van der Waals surface area contributed by atoms with E-state index in [-0.39, 0.29) is 12.1 Å². The van der Waals surface area contributed by atoms with Crippen molar-refractivity contribution in [2.75, 3.05) is 20.7 Å². The lowest BCUT2D eigenvalue weighted by molar-refractivity contribution is -0.141. The average molecular weight is 333 g/mol. The first kappa shape index (κ1) is 18.1. The SMILES string of the molecule is COC(=O)c1cc(F)cc(S(=O)(=O)N(C)CC(C)C(=O)O)c1. The van der Waals surface area contributed by atoms with Crippen LogP contribution in [0.3, 0.4) is 0 Å². The Hall–Kier alpha value is -2.00. The van der Waals surface area contributed by atoms with Crippen LogP contribution in [0.5, 0.6) is 0 Å². The summed E-state index contributed by atoms with van der Waals surface area (Å²) in [6.45, 7) is 1.06. The van der Waals surface area contributed by atoms with Gasteiger partial charge in [0.15, 0.2) is 0 Å². The Kier molecular flexibility index (Phi) is 5.61. The van der Waals surface area contributed by atoms with Crippen LogP contribution in [0, 0.1) is 11.7 Å². The molecule has 9 heteroatoms. The van der Waals surface area contributed by atoms with E-state index < -0.39 is 38.6 Å². The van der Waals surface area contributed by atoms with Gasteiger partial charge in [-0.15, -0.1) is 0 Å². The molecule has 0 heterocycles. The maximum Gasteiger partial charge on any atom is 0.337 e. The summed E-state index contributed by atoms with van der Waals surface area (Å²) in [5.41, 5.74) is -0.249. The summed E-state index contributed by atoms with van der Waals surface area (Å²) < 4.78 is 43.4. The van der Waals surface area contributed by atoms with Crippen LogP contribution in [0.25, 0.3) is 0 Å². The molecule has 0 saturated heterocycles. The molecule has 1 atom stereocenters. The second kappa shape index (κ2) is 6.84. The van der Waals surface area contributed by atoms with Crippen LogP contribution >= 0.6 is 0 Å². The number of aliphatic carboxylic acids is 1. The normalized spacial score (nSPS) is 13.0. The Labute approximate surface area is 127 Å². The number of carboxylic acids is 1. The van der Waals surface area contributed by atoms with Gasteiger partial charge in [-0.25, -0.2) is 21.9 Å². The number of nitrogens with zero attached hydrogens (tertiary/aromatic N) is 1. The van der Waals surface area contributed by atoms with Crippen LogP contribution < -0.4 is 0 Å². The quantitative estimate of drug-likeness (QED) is 0.778. The zero-order valence-corrected chi connectivity index (χ0v) is 13.1. The molecule has 22 heavy (non-hydrogen) atoms. The van der Waals surface area contributed by atoms with Crippen LogP contribution in [0.4, 0.5) is 4.39 Å². The number of sulfonamides is 1. The van der Waals surface area contributed by atoms with E-state index in [1.54, 1.807) is 0 Å². The number of rotatable bonds is 6. The van der Waals surface area contributed by atoms with Crippen molar-refractivity contribution >= 4 is 22.0 Å². The van der Waals surface area contributed by atoms with Crippen molar-refractivity contribution in [1.29, 1.82) is 0 Å². The Morgan fingerprint density at radius 2 is 1.95 bits per heavy atom. The topological polar surface area (TPSA) is 101 Å². The van der Waals surface area contributed by atoms with Gasteiger partial charge in [-0.3, -0.25) is 4.79 Å². The summed E-state index contributed by atoms with van der Waals surface area (Å²) in [7, 11) is -1.87. The lowest BCUT2D eigenvalue weighted by Crippen LogP contribution is -2.33. The number of halogens is 1. The molecular formula is C13H16FNO6S. The first-order valence-electron chi connectivity index (χ1n) is 6.17. The van der Waals surface area contributed by atoms with Crippen LogP contribution in [-0.4, -0.2) is 50.5 Å². The first-order chi connectivity index (χ1) is 10.1. The minimum Gasteiger partial charge on any atom is -0.481 e. The van der Waals surface area contributed by atoms with Gasteiger partial charge in [0, 0.05) is 13.6 Å². The highest BCUT2D eigenvalue weighted by molar-refractivity contribution is 7.89. The molecular weight excluding hydrogens is 317 g/mol. The molecule has 7 nitrogen and oxygen atoms in total. The number of hydrogen-bond acceptors (Lipinski definition) is 5. The van der Waals surface area contributed by atoms with E-state index in [2.05, 4.69) is 4.74 Å². The van der Waals surface area contributed by atoms with E-state index in [9.17, 15) is 22.4 Å². The van der Waals surface area contributed by atoms with Crippen molar-refractivity contribution in [3.63, 3.8) is 0 Å². The summed E-state index contributed by atoms with van der Waals surface area (Å²) in [6.07, 6.45) is 0. The fraction of sp³-hybridized carbons (Fsp3) is 0.385. The standard InChI is InChI=1S/C13H16FNO6S/c1-8(12(16)17)7-15(2)22(19,20)11-5-9(13(18)21-3)4-10(14)6-11/h4-6,8H,7H2,1-3H3,(H,16,17). The van der Waals surface area contributed by atoms with Gasteiger partial charge >= 0.3 is 11.9 Å². The lowest BCUT2D eigenvalue weighted by Gasteiger charge is -2.19. The number of methoxy groups -OCH3 is 1. The summed E-state index contributed by atoms with van der Waals surface area (Å²) in [5.74, 6) is -3.89. The van der Waals surface area contributed by atoms with Crippen molar-refractivity contribution in [3.05, 3.63) is 29.6 Å². The first-order valence-corrected chi connectivity index (χ1v) is 7.61. The van der Waals surface area contributed by atoms with E-state index in [0.717, 1.165) is 29.6 Å². The van der Waals surface area contributed by atoms with Crippen molar-refractivity contribution < 1.29 is 32.2 Å². The summed E-state index contributed by atoms with van der Waals surface area (Å²) in [5, 5.41) is 8.82. The second-order valence-corrected chi connectivity index (χ2v) is 6.74. The molecule has 0 aliphatic carbocycles. The molecule has 1 aromatic carbocycles. The number of carbonyl (C=O) groups excluding carboxylic acids is 1. The predicted molar refractivity (Wildman–Crippen MR) is 74.4 cm³/mol. The number of benzene rings is 1. The van der Waals surface area contributed by atoms with Gasteiger partial charge in [0.25, 0.3) is 0 Å². The van der Waals surface area contributed by atoms with Crippen LogP contribution in [-0.2, 0) is 19.6 Å². The maximum atomic E-state index is 13.5. The Morgan fingerprint density at radius 3 is 2.45 bits per heavy atom. The molecule has 0 aromatic heterocycles. The predicted octanol–water partition coefficient (Wildman–Crippen LogP) is 0.954. The van der Waals surface area contributed by atoms with Crippen LogP contribution in [0.2, 0.25) is 0 Å². The molecule has 1 N–H and O–H groups in total. The molecule has 0 aliphatic rings. The highest BCUT2D eigenvalue weighted by Crippen LogP contribution is 2.19. The molecule has 1 unspecified atom stereocenters. The molecule has 0 spiro atoms. The third-order valence-corrected chi connectivity index (χ3v) is 4.75. The Morgan fingerprint density at radius 1 is 1.36 bits per heavy atom. The van der Waals surface area contributed by atoms with Gasteiger partial charge in [-0.2, -0.15) is 0 Å². The van der Waals surface area contributed by atoms with Crippen molar-refractivity contribution in [2.45, 2.75) is 11.8 Å². The minimum absolute atomic E-state index is 0.249. The zero-order valence-electron chi connectivity index (χ0n) is 12.2. The van der Waals surface area contributed by atoms with Crippen molar-refractivity contribution in [3.8, 4) is 0 Å². The number of carbonyl (C=O) groups is 2. The van der Waals surface area contributed by atoms with E-state index in [1.807, 2.05) is 0 Å².